The second kappa shape index (κ2) is 6.72. The van der Waals surface area contributed by atoms with Crippen molar-refractivity contribution in [2.75, 3.05) is 5.32 Å². The predicted molar refractivity (Wildman–Crippen MR) is 93.4 cm³/mol. The van der Waals surface area contributed by atoms with Gasteiger partial charge < -0.3 is 0 Å². The molecule has 0 unspecified atom stereocenters. The standard InChI is InChI=1S/C18H11F3N6O/c19-18(20,21)12-5-2-1-4-11(12)13-6-7-15-24-10-14(27(15)26-13)16(28)25-17-22-8-3-9-23-17/h1-10H,(H,22,23,25,28). The van der Waals surface area contributed by atoms with Crippen LogP contribution in [0.5, 0.6) is 0 Å². The fourth-order valence-corrected chi connectivity index (χ4v) is 2.65. The molecule has 0 saturated heterocycles. The highest BCUT2D eigenvalue weighted by molar-refractivity contribution is 6.02. The molecule has 0 bridgehead atoms. The van der Waals surface area contributed by atoms with E-state index in [0.717, 1.165) is 6.07 Å². The Morgan fingerprint density at radius 3 is 2.46 bits per heavy atom. The number of hydrogen-bond donors (Lipinski definition) is 1. The van der Waals surface area contributed by atoms with Crippen LogP contribution in [0.1, 0.15) is 16.1 Å². The molecule has 3 heterocycles. The molecular formula is C18H11F3N6O. The number of imidazole rings is 1. The molecule has 1 aromatic carbocycles. The van der Waals surface area contributed by atoms with Crippen LogP contribution in [0.15, 0.2) is 61.1 Å². The molecule has 7 nitrogen and oxygen atoms in total. The summed E-state index contributed by atoms with van der Waals surface area (Å²) in [5.41, 5.74) is -0.501. The Labute approximate surface area is 155 Å². The molecule has 0 aliphatic heterocycles. The van der Waals surface area contributed by atoms with E-state index in [0.29, 0.717) is 5.65 Å². The highest BCUT2D eigenvalue weighted by Crippen LogP contribution is 2.36. The second-order valence-electron chi connectivity index (χ2n) is 5.70. The van der Waals surface area contributed by atoms with Crippen molar-refractivity contribution in [1.29, 1.82) is 0 Å². The molecule has 0 spiro atoms. The largest absolute Gasteiger partial charge is 0.417 e. The van der Waals surface area contributed by atoms with Gasteiger partial charge >= 0.3 is 6.18 Å². The minimum absolute atomic E-state index is 0.0359. The number of halogens is 3. The van der Waals surface area contributed by atoms with Gasteiger partial charge in [0.2, 0.25) is 5.95 Å². The highest BCUT2D eigenvalue weighted by Gasteiger charge is 2.33. The summed E-state index contributed by atoms with van der Waals surface area (Å²) in [6.45, 7) is 0. The molecule has 140 valence electrons. The average molecular weight is 384 g/mol. The van der Waals surface area contributed by atoms with Gasteiger partial charge in [-0.25, -0.2) is 19.5 Å². The number of alkyl halides is 3. The first-order chi connectivity index (χ1) is 13.4. The number of carbonyl (C=O) groups excluding carboxylic acids is 1. The number of carbonyl (C=O) groups is 1. The van der Waals surface area contributed by atoms with Gasteiger partial charge in [-0.2, -0.15) is 18.3 Å². The minimum atomic E-state index is -4.53. The normalized spacial score (nSPS) is 11.5. The number of nitrogens with zero attached hydrogens (tertiary/aromatic N) is 5. The van der Waals surface area contributed by atoms with Gasteiger partial charge in [0.25, 0.3) is 5.91 Å². The van der Waals surface area contributed by atoms with E-state index in [2.05, 4.69) is 25.4 Å². The van der Waals surface area contributed by atoms with Gasteiger partial charge in [-0.05, 0) is 24.3 Å². The molecular weight excluding hydrogens is 373 g/mol. The van der Waals surface area contributed by atoms with E-state index in [1.807, 2.05) is 0 Å². The highest BCUT2D eigenvalue weighted by atomic mass is 19.4. The number of aromatic nitrogens is 5. The Morgan fingerprint density at radius 1 is 0.964 bits per heavy atom. The third kappa shape index (κ3) is 3.27. The Hall–Kier alpha value is -3.82. The fourth-order valence-electron chi connectivity index (χ4n) is 2.65. The van der Waals surface area contributed by atoms with Crippen LogP contribution in [0.4, 0.5) is 19.1 Å². The molecule has 0 saturated carbocycles. The van der Waals surface area contributed by atoms with Crippen LogP contribution < -0.4 is 5.32 Å². The van der Waals surface area contributed by atoms with E-state index in [4.69, 9.17) is 0 Å². The van der Waals surface area contributed by atoms with Crippen molar-refractivity contribution < 1.29 is 18.0 Å². The molecule has 10 heteroatoms. The van der Waals surface area contributed by atoms with Gasteiger partial charge in [0, 0.05) is 18.0 Å². The summed E-state index contributed by atoms with van der Waals surface area (Å²) in [4.78, 5) is 24.3. The van der Waals surface area contributed by atoms with Crippen molar-refractivity contribution in [1.82, 2.24) is 24.6 Å². The molecule has 0 aliphatic rings. The van der Waals surface area contributed by atoms with Crippen LogP contribution in [0.2, 0.25) is 0 Å². The first kappa shape index (κ1) is 17.6. The summed E-state index contributed by atoms with van der Waals surface area (Å²) in [5, 5.41) is 6.68. The minimum Gasteiger partial charge on any atom is -0.289 e. The van der Waals surface area contributed by atoms with Gasteiger partial charge in [0.05, 0.1) is 17.5 Å². The third-order valence-electron chi connectivity index (χ3n) is 3.89. The lowest BCUT2D eigenvalue weighted by Crippen LogP contribution is -2.17. The summed E-state index contributed by atoms with van der Waals surface area (Å²) in [6, 6.07) is 9.61. The summed E-state index contributed by atoms with van der Waals surface area (Å²) in [7, 11) is 0. The number of hydrogen-bond acceptors (Lipinski definition) is 5. The van der Waals surface area contributed by atoms with Gasteiger partial charge in [-0.3, -0.25) is 10.1 Å². The zero-order chi connectivity index (χ0) is 19.7. The Bertz CT molecular complexity index is 1160. The number of nitrogens with one attached hydrogen (secondary N) is 1. The van der Waals surface area contributed by atoms with Gasteiger partial charge in [0.1, 0.15) is 0 Å². The first-order valence-electron chi connectivity index (χ1n) is 8.03. The topological polar surface area (TPSA) is 85.1 Å². The summed E-state index contributed by atoms with van der Waals surface area (Å²) >= 11 is 0. The summed E-state index contributed by atoms with van der Waals surface area (Å²) < 4.78 is 41.1. The van der Waals surface area contributed by atoms with E-state index in [-0.39, 0.29) is 22.9 Å². The second-order valence-corrected chi connectivity index (χ2v) is 5.70. The molecule has 1 amide bonds. The molecule has 0 radical (unpaired) electrons. The monoisotopic (exact) mass is 384 g/mol. The lowest BCUT2D eigenvalue weighted by molar-refractivity contribution is -0.137. The number of anilines is 1. The number of amides is 1. The van der Waals surface area contributed by atoms with Crippen molar-refractivity contribution in [3.05, 3.63) is 72.3 Å². The summed E-state index contributed by atoms with van der Waals surface area (Å²) in [5.74, 6) is -0.506. The van der Waals surface area contributed by atoms with Crippen LogP contribution in [0.25, 0.3) is 16.9 Å². The van der Waals surface area contributed by atoms with E-state index < -0.39 is 17.6 Å². The maximum atomic E-state index is 13.3. The van der Waals surface area contributed by atoms with Gasteiger partial charge in [-0.15, -0.1) is 0 Å². The van der Waals surface area contributed by atoms with Crippen LogP contribution in [0.3, 0.4) is 0 Å². The van der Waals surface area contributed by atoms with Crippen LogP contribution in [-0.4, -0.2) is 30.5 Å². The quantitative estimate of drug-likeness (QED) is 0.585. The Morgan fingerprint density at radius 2 is 1.71 bits per heavy atom. The van der Waals surface area contributed by atoms with Crippen LogP contribution >= 0.6 is 0 Å². The van der Waals surface area contributed by atoms with Crippen molar-refractivity contribution in [3.8, 4) is 11.3 Å². The van der Waals surface area contributed by atoms with E-state index in [9.17, 15) is 18.0 Å². The van der Waals surface area contributed by atoms with E-state index in [1.54, 1.807) is 6.07 Å². The Kier molecular flexibility index (Phi) is 4.22. The van der Waals surface area contributed by atoms with E-state index >= 15 is 0 Å². The maximum Gasteiger partial charge on any atom is 0.417 e. The zero-order valence-electron chi connectivity index (χ0n) is 14.1. The number of benzene rings is 1. The average Bonchev–Trinajstić information content (AvgIpc) is 3.11. The predicted octanol–water partition coefficient (Wildman–Crippen LogP) is 3.46. The fraction of sp³-hybridized carbons (Fsp3) is 0.0556. The van der Waals surface area contributed by atoms with Crippen molar-refractivity contribution in [3.63, 3.8) is 0 Å². The molecule has 0 atom stereocenters. The molecule has 4 aromatic rings. The molecule has 0 aliphatic carbocycles. The third-order valence-corrected chi connectivity index (χ3v) is 3.89. The Balaban J connectivity index is 1.77. The van der Waals surface area contributed by atoms with Crippen LogP contribution in [0, 0.1) is 0 Å². The molecule has 4 rings (SSSR count). The molecule has 28 heavy (non-hydrogen) atoms. The van der Waals surface area contributed by atoms with E-state index in [1.165, 1.54) is 53.4 Å². The lowest BCUT2D eigenvalue weighted by atomic mass is 10.0. The van der Waals surface area contributed by atoms with Crippen molar-refractivity contribution in [2.45, 2.75) is 6.18 Å². The van der Waals surface area contributed by atoms with Crippen molar-refractivity contribution >= 4 is 17.5 Å². The van der Waals surface area contributed by atoms with Crippen LogP contribution in [-0.2, 0) is 6.18 Å². The maximum absolute atomic E-state index is 13.3. The first-order valence-corrected chi connectivity index (χ1v) is 8.03. The SMILES string of the molecule is O=C(Nc1ncccn1)c1cnc2ccc(-c3ccccc3C(F)(F)F)nn12. The molecule has 1 N–H and O–H groups in total. The van der Waals surface area contributed by atoms with Crippen molar-refractivity contribution in [2.24, 2.45) is 0 Å². The van der Waals surface area contributed by atoms with Gasteiger partial charge in [-0.1, -0.05) is 18.2 Å². The lowest BCUT2D eigenvalue weighted by Gasteiger charge is -2.12. The van der Waals surface area contributed by atoms with Gasteiger partial charge in [0.15, 0.2) is 11.3 Å². The molecule has 0 fully saturated rings. The molecule has 3 aromatic heterocycles. The number of fused-ring (bicyclic) bond motifs is 1. The smallest absolute Gasteiger partial charge is 0.289 e. The number of rotatable bonds is 3. The zero-order valence-corrected chi connectivity index (χ0v) is 14.1. The summed E-state index contributed by atoms with van der Waals surface area (Å²) in [6.07, 6.45) is -0.337.